The van der Waals surface area contributed by atoms with E-state index in [4.69, 9.17) is 11.6 Å². The summed E-state index contributed by atoms with van der Waals surface area (Å²) in [4.78, 5) is 2.41. The maximum Gasteiger partial charge on any atom is 0.0377 e. The molecule has 0 bridgehead atoms. The predicted molar refractivity (Wildman–Crippen MR) is 82.3 cm³/mol. The summed E-state index contributed by atoms with van der Waals surface area (Å²) < 4.78 is 0. The summed E-state index contributed by atoms with van der Waals surface area (Å²) in [5.74, 6) is 0.652. The van der Waals surface area contributed by atoms with Gasteiger partial charge in [0.05, 0.1) is 0 Å². The van der Waals surface area contributed by atoms with Gasteiger partial charge in [0.2, 0.25) is 0 Å². The lowest BCUT2D eigenvalue weighted by atomic mass is 10.1. The van der Waals surface area contributed by atoms with E-state index in [2.05, 4.69) is 72.5 Å². The van der Waals surface area contributed by atoms with Crippen molar-refractivity contribution in [3.8, 4) is 0 Å². The van der Waals surface area contributed by atoms with Crippen LogP contribution < -0.4 is 0 Å². The number of halogens is 1. The summed E-state index contributed by atoms with van der Waals surface area (Å²) >= 11 is 6.04. The van der Waals surface area contributed by atoms with Crippen molar-refractivity contribution in [1.82, 2.24) is 4.90 Å². The quantitative estimate of drug-likeness (QED) is 0.709. The molecule has 0 unspecified atom stereocenters. The van der Waals surface area contributed by atoms with Crippen LogP contribution in [0.25, 0.3) is 0 Å². The molecule has 0 saturated carbocycles. The molecule has 0 aromatic heterocycles. The van der Waals surface area contributed by atoms with E-state index < -0.39 is 0 Å². The number of benzene rings is 2. The third-order valence-electron chi connectivity index (χ3n) is 3.30. The number of hydrogen-bond donors (Lipinski definition) is 0. The highest BCUT2D eigenvalue weighted by Crippen LogP contribution is 2.14. The highest BCUT2D eigenvalue weighted by molar-refractivity contribution is 6.18. The number of rotatable bonds is 6. The molecular formula is C17H20ClN. The number of hydrogen-bond acceptors (Lipinski definition) is 1. The van der Waals surface area contributed by atoms with Crippen LogP contribution >= 0.6 is 11.6 Å². The first kappa shape index (κ1) is 14.1. The van der Waals surface area contributed by atoms with Gasteiger partial charge in [0.25, 0.3) is 0 Å². The van der Waals surface area contributed by atoms with Crippen LogP contribution in [0.2, 0.25) is 0 Å². The lowest BCUT2D eigenvalue weighted by Crippen LogP contribution is -2.33. The van der Waals surface area contributed by atoms with E-state index in [0.717, 1.165) is 13.1 Å². The minimum absolute atomic E-state index is 0.363. The molecule has 1 atom stereocenters. The van der Waals surface area contributed by atoms with Gasteiger partial charge in [0.1, 0.15) is 0 Å². The van der Waals surface area contributed by atoms with Gasteiger partial charge in [-0.3, -0.25) is 4.90 Å². The molecule has 0 aliphatic heterocycles. The molecule has 0 fully saturated rings. The fourth-order valence-electron chi connectivity index (χ4n) is 2.10. The van der Waals surface area contributed by atoms with Crippen molar-refractivity contribution in [2.75, 3.05) is 5.88 Å². The summed E-state index contributed by atoms with van der Waals surface area (Å²) in [6.45, 7) is 4.05. The Morgan fingerprint density at radius 3 is 1.63 bits per heavy atom. The van der Waals surface area contributed by atoms with Crippen LogP contribution in [0.4, 0.5) is 0 Å². The van der Waals surface area contributed by atoms with Crippen LogP contribution in [0, 0.1) is 0 Å². The molecule has 100 valence electrons. The third kappa shape index (κ3) is 4.38. The molecule has 0 aliphatic carbocycles. The van der Waals surface area contributed by atoms with Crippen molar-refractivity contribution in [2.24, 2.45) is 0 Å². The van der Waals surface area contributed by atoms with Crippen LogP contribution in [0.5, 0.6) is 0 Å². The average molecular weight is 274 g/mol. The van der Waals surface area contributed by atoms with Gasteiger partial charge >= 0.3 is 0 Å². The Bertz CT molecular complexity index is 428. The minimum Gasteiger partial charge on any atom is -0.291 e. The molecule has 1 nitrogen and oxygen atoms in total. The summed E-state index contributed by atoms with van der Waals surface area (Å²) in [5.41, 5.74) is 2.66. The van der Waals surface area contributed by atoms with Gasteiger partial charge in [-0.25, -0.2) is 0 Å². The molecule has 2 heteroatoms. The fourth-order valence-corrected chi connectivity index (χ4v) is 2.30. The molecule has 19 heavy (non-hydrogen) atoms. The second-order valence-electron chi connectivity index (χ2n) is 4.88. The molecule has 0 heterocycles. The summed E-state index contributed by atoms with van der Waals surface area (Å²) in [6, 6.07) is 21.5. The third-order valence-corrected chi connectivity index (χ3v) is 3.75. The van der Waals surface area contributed by atoms with Crippen molar-refractivity contribution >= 4 is 11.6 Å². The van der Waals surface area contributed by atoms with Crippen LogP contribution in [0.1, 0.15) is 18.1 Å². The Labute approximate surface area is 120 Å². The molecule has 0 aliphatic rings. The Morgan fingerprint density at radius 2 is 1.26 bits per heavy atom. The summed E-state index contributed by atoms with van der Waals surface area (Å²) in [7, 11) is 0. The van der Waals surface area contributed by atoms with Crippen LogP contribution in [0.15, 0.2) is 60.7 Å². The molecule has 2 rings (SSSR count). The van der Waals surface area contributed by atoms with E-state index in [1.807, 2.05) is 0 Å². The first-order chi connectivity index (χ1) is 9.29. The van der Waals surface area contributed by atoms with Gasteiger partial charge in [-0.05, 0) is 18.1 Å². The normalized spacial score (nSPS) is 12.6. The molecule has 0 amide bonds. The fraction of sp³-hybridized carbons (Fsp3) is 0.294. The van der Waals surface area contributed by atoms with Crippen molar-refractivity contribution in [3.05, 3.63) is 71.8 Å². The van der Waals surface area contributed by atoms with Gasteiger partial charge in [-0.15, -0.1) is 11.6 Å². The van der Waals surface area contributed by atoms with E-state index in [1.54, 1.807) is 0 Å². The zero-order valence-electron chi connectivity index (χ0n) is 11.3. The van der Waals surface area contributed by atoms with Crippen molar-refractivity contribution in [3.63, 3.8) is 0 Å². The first-order valence-electron chi connectivity index (χ1n) is 6.67. The Balaban J connectivity index is 2.08. The molecule has 0 radical (unpaired) electrons. The smallest absolute Gasteiger partial charge is 0.0377 e. The second-order valence-corrected chi connectivity index (χ2v) is 5.19. The van der Waals surface area contributed by atoms with E-state index in [9.17, 15) is 0 Å². The maximum atomic E-state index is 6.04. The van der Waals surface area contributed by atoms with Crippen molar-refractivity contribution in [1.29, 1.82) is 0 Å². The number of nitrogens with zero attached hydrogens (tertiary/aromatic N) is 1. The first-order valence-corrected chi connectivity index (χ1v) is 7.21. The monoisotopic (exact) mass is 273 g/mol. The van der Waals surface area contributed by atoms with Crippen LogP contribution in [0.3, 0.4) is 0 Å². The molecule has 0 saturated heterocycles. The average Bonchev–Trinajstić information content (AvgIpc) is 2.48. The molecular weight excluding hydrogens is 254 g/mol. The lowest BCUT2D eigenvalue weighted by Gasteiger charge is -2.28. The minimum atomic E-state index is 0.363. The SMILES string of the molecule is C[C@@H](CCl)N(Cc1ccccc1)Cc1ccccc1. The predicted octanol–water partition coefficient (Wildman–Crippen LogP) is 4.32. The highest BCUT2D eigenvalue weighted by atomic mass is 35.5. The molecule has 0 spiro atoms. The van der Waals surface area contributed by atoms with Gasteiger partial charge in [0.15, 0.2) is 0 Å². The highest BCUT2D eigenvalue weighted by Gasteiger charge is 2.13. The van der Waals surface area contributed by atoms with Crippen molar-refractivity contribution in [2.45, 2.75) is 26.1 Å². The Kier molecular flexibility index (Phi) is 5.44. The topological polar surface area (TPSA) is 3.24 Å². The maximum absolute atomic E-state index is 6.04. The Morgan fingerprint density at radius 1 is 0.842 bits per heavy atom. The Hall–Kier alpha value is -1.31. The van der Waals surface area contributed by atoms with Gasteiger partial charge < -0.3 is 0 Å². The van der Waals surface area contributed by atoms with E-state index in [1.165, 1.54) is 11.1 Å². The zero-order valence-corrected chi connectivity index (χ0v) is 12.1. The van der Waals surface area contributed by atoms with Crippen molar-refractivity contribution < 1.29 is 0 Å². The van der Waals surface area contributed by atoms with Gasteiger partial charge in [-0.2, -0.15) is 0 Å². The zero-order chi connectivity index (χ0) is 13.5. The second kappa shape index (κ2) is 7.32. The molecule has 2 aromatic rings. The number of alkyl halides is 1. The largest absolute Gasteiger partial charge is 0.291 e. The van der Waals surface area contributed by atoms with Crippen LogP contribution in [-0.4, -0.2) is 16.8 Å². The summed E-state index contributed by atoms with van der Waals surface area (Å²) in [5, 5.41) is 0. The van der Waals surface area contributed by atoms with Gasteiger partial charge in [0, 0.05) is 25.0 Å². The standard InChI is InChI=1S/C17H20ClN/c1-15(12-18)19(13-16-8-4-2-5-9-16)14-17-10-6-3-7-11-17/h2-11,15H,12-14H2,1H3/t15-/m0/s1. The van der Waals surface area contributed by atoms with E-state index in [-0.39, 0.29) is 0 Å². The van der Waals surface area contributed by atoms with E-state index >= 15 is 0 Å². The van der Waals surface area contributed by atoms with Gasteiger partial charge in [-0.1, -0.05) is 60.7 Å². The molecule has 0 N–H and O–H groups in total. The molecule has 2 aromatic carbocycles. The van der Waals surface area contributed by atoms with Crippen LogP contribution in [-0.2, 0) is 13.1 Å². The lowest BCUT2D eigenvalue weighted by molar-refractivity contribution is 0.206. The summed E-state index contributed by atoms with van der Waals surface area (Å²) in [6.07, 6.45) is 0. The van der Waals surface area contributed by atoms with E-state index in [0.29, 0.717) is 11.9 Å².